The maximum absolute atomic E-state index is 12.6. The zero-order chi connectivity index (χ0) is 14.1. The zero-order valence-corrected chi connectivity index (χ0v) is 9.59. The highest BCUT2D eigenvalue weighted by molar-refractivity contribution is 6.33. The van der Waals surface area contributed by atoms with Crippen LogP contribution in [0.4, 0.5) is 18.9 Å². The summed E-state index contributed by atoms with van der Waals surface area (Å²) in [5.74, 6) is -1.53. The quantitative estimate of drug-likeness (QED) is 0.740. The van der Waals surface area contributed by atoms with Crippen LogP contribution in [0, 0.1) is 0 Å². The maximum Gasteiger partial charge on any atom is 0.418 e. The minimum absolute atomic E-state index is 0.0589. The summed E-state index contributed by atoms with van der Waals surface area (Å²) < 4.78 is 37.8. The third-order valence-electron chi connectivity index (χ3n) is 2.21. The highest BCUT2D eigenvalue weighted by atomic mass is 35.5. The smallest absolute Gasteiger partial charge is 0.418 e. The number of anilines is 1. The Kier molecular flexibility index (Phi) is 4.08. The van der Waals surface area contributed by atoms with Gasteiger partial charge in [-0.1, -0.05) is 11.6 Å². The molecule has 8 heteroatoms. The SMILES string of the molecule is Nc1c(Cl)cc(C[C@@H](O)C(=O)O)cc1C(F)(F)F. The maximum atomic E-state index is 12.6. The molecule has 1 aromatic carbocycles. The number of nitrogen functional groups attached to an aromatic ring is 1. The predicted molar refractivity (Wildman–Crippen MR) is 58.2 cm³/mol. The fourth-order valence-corrected chi connectivity index (χ4v) is 1.58. The van der Waals surface area contributed by atoms with Gasteiger partial charge in [0.25, 0.3) is 0 Å². The number of aliphatic hydroxyl groups is 1. The summed E-state index contributed by atoms with van der Waals surface area (Å²) in [6.45, 7) is 0. The van der Waals surface area contributed by atoms with Crippen molar-refractivity contribution in [3.8, 4) is 0 Å². The largest absolute Gasteiger partial charge is 0.479 e. The molecule has 0 aliphatic carbocycles. The van der Waals surface area contributed by atoms with Crippen LogP contribution in [0.3, 0.4) is 0 Å². The van der Waals surface area contributed by atoms with E-state index in [1.165, 1.54) is 0 Å². The summed E-state index contributed by atoms with van der Waals surface area (Å²) >= 11 is 5.53. The van der Waals surface area contributed by atoms with E-state index in [-0.39, 0.29) is 10.6 Å². The van der Waals surface area contributed by atoms with Gasteiger partial charge in [0.15, 0.2) is 6.10 Å². The molecular weight excluding hydrogens is 275 g/mol. The number of carboxylic acids is 1. The van der Waals surface area contributed by atoms with Crippen molar-refractivity contribution >= 4 is 23.3 Å². The molecule has 0 radical (unpaired) electrons. The van der Waals surface area contributed by atoms with Gasteiger partial charge < -0.3 is 15.9 Å². The summed E-state index contributed by atoms with van der Waals surface area (Å²) in [5.41, 5.74) is 3.36. The number of hydrogen-bond donors (Lipinski definition) is 3. The van der Waals surface area contributed by atoms with Gasteiger partial charge in [0, 0.05) is 6.42 Å². The summed E-state index contributed by atoms with van der Waals surface area (Å²) in [6, 6.07) is 1.77. The predicted octanol–water partition coefficient (Wildman–Crippen LogP) is 1.93. The van der Waals surface area contributed by atoms with Crippen LogP contribution in [0.2, 0.25) is 5.02 Å². The van der Waals surface area contributed by atoms with Crippen LogP contribution in [0.15, 0.2) is 12.1 Å². The van der Waals surface area contributed by atoms with Crippen molar-refractivity contribution in [3.05, 3.63) is 28.3 Å². The monoisotopic (exact) mass is 283 g/mol. The Morgan fingerprint density at radius 3 is 2.44 bits per heavy atom. The van der Waals surface area contributed by atoms with E-state index in [1.54, 1.807) is 0 Å². The number of carbonyl (C=O) groups is 1. The van der Waals surface area contributed by atoms with Crippen LogP contribution < -0.4 is 5.73 Å². The Labute approximate surface area is 105 Å². The molecule has 0 saturated heterocycles. The Bertz CT molecular complexity index is 476. The molecule has 4 N–H and O–H groups in total. The van der Waals surface area contributed by atoms with Gasteiger partial charge in [0.05, 0.1) is 16.3 Å². The van der Waals surface area contributed by atoms with Crippen molar-refractivity contribution in [2.45, 2.75) is 18.7 Å². The molecule has 0 fully saturated rings. The molecule has 0 amide bonds. The van der Waals surface area contributed by atoms with E-state index in [1.807, 2.05) is 0 Å². The van der Waals surface area contributed by atoms with Crippen LogP contribution >= 0.6 is 11.6 Å². The van der Waals surface area contributed by atoms with Gasteiger partial charge in [0.2, 0.25) is 0 Å². The van der Waals surface area contributed by atoms with Crippen LogP contribution in [0.25, 0.3) is 0 Å². The second-order valence-corrected chi connectivity index (χ2v) is 4.00. The summed E-state index contributed by atoms with van der Waals surface area (Å²) in [6.07, 6.45) is -6.98. The first-order valence-electron chi connectivity index (χ1n) is 4.69. The Morgan fingerprint density at radius 1 is 1.44 bits per heavy atom. The first kappa shape index (κ1) is 14.6. The Morgan fingerprint density at radius 2 is 2.00 bits per heavy atom. The summed E-state index contributed by atoms with van der Waals surface area (Å²) in [5, 5.41) is 17.2. The minimum Gasteiger partial charge on any atom is -0.479 e. The van der Waals surface area contributed by atoms with Crippen molar-refractivity contribution in [1.29, 1.82) is 0 Å². The van der Waals surface area contributed by atoms with E-state index in [9.17, 15) is 18.0 Å². The second kappa shape index (κ2) is 5.03. The van der Waals surface area contributed by atoms with Gasteiger partial charge >= 0.3 is 12.1 Å². The first-order chi connectivity index (χ1) is 8.12. The third-order valence-corrected chi connectivity index (χ3v) is 2.52. The van der Waals surface area contributed by atoms with Crippen molar-refractivity contribution in [2.24, 2.45) is 0 Å². The average molecular weight is 284 g/mol. The van der Waals surface area contributed by atoms with Crippen molar-refractivity contribution in [2.75, 3.05) is 5.73 Å². The summed E-state index contributed by atoms with van der Waals surface area (Å²) in [4.78, 5) is 10.4. The van der Waals surface area contributed by atoms with Crippen molar-refractivity contribution < 1.29 is 28.2 Å². The zero-order valence-electron chi connectivity index (χ0n) is 8.83. The molecule has 4 nitrogen and oxygen atoms in total. The van der Waals surface area contributed by atoms with E-state index >= 15 is 0 Å². The molecule has 1 rings (SSSR count). The molecule has 0 aromatic heterocycles. The van der Waals surface area contributed by atoms with Crippen LogP contribution in [0.1, 0.15) is 11.1 Å². The normalized spacial score (nSPS) is 13.4. The lowest BCUT2D eigenvalue weighted by Gasteiger charge is -2.14. The minimum atomic E-state index is -4.70. The first-order valence-corrected chi connectivity index (χ1v) is 5.06. The van der Waals surface area contributed by atoms with Crippen LogP contribution in [0.5, 0.6) is 0 Å². The van der Waals surface area contributed by atoms with Gasteiger partial charge in [-0.05, 0) is 17.7 Å². The van der Waals surface area contributed by atoms with Gasteiger partial charge in [-0.2, -0.15) is 13.2 Å². The molecule has 0 bridgehead atoms. The lowest BCUT2D eigenvalue weighted by molar-refractivity contribution is -0.146. The fraction of sp³-hybridized carbons (Fsp3) is 0.300. The number of aliphatic carboxylic acids is 1. The number of nitrogens with two attached hydrogens (primary N) is 1. The topological polar surface area (TPSA) is 83.5 Å². The van der Waals surface area contributed by atoms with Gasteiger partial charge in [0.1, 0.15) is 0 Å². The second-order valence-electron chi connectivity index (χ2n) is 3.59. The van der Waals surface area contributed by atoms with Gasteiger partial charge in [-0.25, -0.2) is 4.79 Å². The lowest BCUT2D eigenvalue weighted by atomic mass is 10.0. The molecule has 100 valence electrons. The molecular formula is C10H9ClF3NO3. The van der Waals surface area contributed by atoms with E-state index in [2.05, 4.69) is 0 Å². The van der Waals surface area contributed by atoms with Crippen LogP contribution in [-0.2, 0) is 17.4 Å². The molecule has 0 unspecified atom stereocenters. The highest BCUT2D eigenvalue weighted by Gasteiger charge is 2.34. The molecule has 0 spiro atoms. The van der Waals surface area contributed by atoms with E-state index < -0.39 is 35.9 Å². The highest BCUT2D eigenvalue weighted by Crippen LogP contribution is 2.37. The van der Waals surface area contributed by atoms with E-state index in [0.717, 1.165) is 6.07 Å². The summed E-state index contributed by atoms with van der Waals surface area (Å²) in [7, 11) is 0. The molecule has 0 aliphatic rings. The van der Waals surface area contributed by atoms with Gasteiger partial charge in [-0.3, -0.25) is 0 Å². The molecule has 0 saturated carbocycles. The number of halogens is 4. The standard InChI is InChI=1S/C10H9ClF3NO3/c11-6-2-4(3-7(16)9(17)18)1-5(8(6)15)10(12,13)14/h1-2,7,16H,3,15H2,(H,17,18)/t7-/m1/s1. The molecule has 0 aliphatic heterocycles. The number of carboxylic acid groups (broad SMARTS) is 1. The number of benzene rings is 1. The fourth-order valence-electron chi connectivity index (χ4n) is 1.34. The third kappa shape index (κ3) is 3.27. The van der Waals surface area contributed by atoms with Gasteiger partial charge in [-0.15, -0.1) is 0 Å². The number of hydrogen-bond acceptors (Lipinski definition) is 3. The number of rotatable bonds is 3. The van der Waals surface area contributed by atoms with Crippen molar-refractivity contribution in [1.82, 2.24) is 0 Å². The van der Waals surface area contributed by atoms with Crippen molar-refractivity contribution in [3.63, 3.8) is 0 Å². The molecule has 0 heterocycles. The average Bonchev–Trinajstić information content (AvgIpc) is 2.21. The Hall–Kier alpha value is -1.47. The molecule has 1 aromatic rings. The Balaban J connectivity index is 3.17. The van der Waals surface area contributed by atoms with Crippen LogP contribution in [-0.4, -0.2) is 22.3 Å². The van der Waals surface area contributed by atoms with E-state index in [0.29, 0.717) is 6.07 Å². The molecule has 18 heavy (non-hydrogen) atoms. The lowest BCUT2D eigenvalue weighted by Crippen LogP contribution is -2.22. The van der Waals surface area contributed by atoms with E-state index in [4.69, 9.17) is 27.5 Å². The number of aliphatic hydroxyl groups excluding tert-OH is 1. The molecule has 1 atom stereocenters. The number of alkyl halides is 3.